The summed E-state index contributed by atoms with van der Waals surface area (Å²) in [5, 5.41) is 4.91. The van der Waals surface area contributed by atoms with Crippen molar-refractivity contribution >= 4 is 55.8 Å². The lowest BCUT2D eigenvalue weighted by atomic mass is 10.2. The van der Waals surface area contributed by atoms with Gasteiger partial charge in [0.1, 0.15) is 5.75 Å². The Balaban J connectivity index is 1.18. The fourth-order valence-corrected chi connectivity index (χ4v) is 5.07. The minimum atomic E-state index is -0.172. The summed E-state index contributed by atoms with van der Waals surface area (Å²) in [5.74, 6) is 0.275. The van der Waals surface area contributed by atoms with Gasteiger partial charge in [-0.25, -0.2) is 4.98 Å². The molecule has 1 aromatic heterocycles. The fraction of sp³-hybridized carbons (Fsp3) is 0.364. The zero-order chi connectivity index (χ0) is 21.8. The monoisotopic (exact) mass is 478 g/mol. The second-order valence-electron chi connectivity index (χ2n) is 7.46. The Morgan fingerprint density at radius 2 is 2.00 bits per heavy atom. The molecular weight excluding hydrogens is 455 g/mol. The molecule has 0 unspecified atom stereocenters. The van der Waals surface area contributed by atoms with E-state index in [0.717, 1.165) is 43.4 Å². The molecule has 31 heavy (non-hydrogen) atoms. The lowest BCUT2D eigenvalue weighted by Crippen LogP contribution is -2.48. The molecule has 4 rings (SSSR count). The summed E-state index contributed by atoms with van der Waals surface area (Å²) >= 11 is 13.7. The molecule has 1 N–H and O–H groups in total. The van der Waals surface area contributed by atoms with Crippen molar-refractivity contribution in [3.63, 3.8) is 0 Å². The maximum atomic E-state index is 12.0. The number of para-hydroxylation sites is 1. The lowest BCUT2D eigenvalue weighted by molar-refractivity contribution is -0.123. The number of fused-ring (bicyclic) bond motifs is 1. The van der Waals surface area contributed by atoms with E-state index in [1.54, 1.807) is 29.5 Å². The Labute approximate surface area is 195 Å². The lowest BCUT2D eigenvalue weighted by Gasteiger charge is -2.34. The van der Waals surface area contributed by atoms with Gasteiger partial charge in [0.05, 0.1) is 15.2 Å². The summed E-state index contributed by atoms with van der Waals surface area (Å²) in [6.07, 6.45) is 0. The number of halogens is 2. The highest BCUT2D eigenvalue weighted by atomic mass is 35.5. The normalized spacial score (nSPS) is 14.7. The highest BCUT2D eigenvalue weighted by molar-refractivity contribution is 7.22. The van der Waals surface area contributed by atoms with Crippen molar-refractivity contribution in [2.24, 2.45) is 0 Å². The number of ether oxygens (including phenoxy) is 1. The molecule has 0 atom stereocenters. The second-order valence-corrected chi connectivity index (χ2v) is 9.31. The van der Waals surface area contributed by atoms with Crippen LogP contribution in [0.2, 0.25) is 10.0 Å². The van der Waals surface area contributed by atoms with Gasteiger partial charge in [-0.1, -0.05) is 46.7 Å². The van der Waals surface area contributed by atoms with E-state index in [1.807, 2.05) is 0 Å². The number of amides is 1. The number of nitrogens with zero attached hydrogens (tertiary/aromatic N) is 3. The van der Waals surface area contributed by atoms with Crippen molar-refractivity contribution in [1.82, 2.24) is 15.2 Å². The van der Waals surface area contributed by atoms with Crippen molar-refractivity contribution in [3.05, 3.63) is 52.0 Å². The van der Waals surface area contributed by atoms with E-state index in [-0.39, 0.29) is 12.5 Å². The van der Waals surface area contributed by atoms with Gasteiger partial charge in [-0.3, -0.25) is 9.69 Å². The van der Waals surface area contributed by atoms with Crippen LogP contribution >= 0.6 is 34.5 Å². The third-order valence-electron chi connectivity index (χ3n) is 5.26. The quantitative estimate of drug-likeness (QED) is 0.550. The van der Waals surface area contributed by atoms with E-state index in [0.29, 0.717) is 22.3 Å². The molecule has 0 saturated carbocycles. The third kappa shape index (κ3) is 5.60. The van der Waals surface area contributed by atoms with Crippen LogP contribution in [0.4, 0.5) is 5.13 Å². The van der Waals surface area contributed by atoms with E-state index < -0.39 is 0 Å². The van der Waals surface area contributed by atoms with Crippen molar-refractivity contribution in [2.75, 3.05) is 50.8 Å². The average molecular weight is 479 g/mol. The number of nitrogens with one attached hydrogen (secondary N) is 1. The van der Waals surface area contributed by atoms with Crippen LogP contribution in [0.25, 0.3) is 10.2 Å². The van der Waals surface area contributed by atoms with Gasteiger partial charge in [0.15, 0.2) is 11.7 Å². The summed E-state index contributed by atoms with van der Waals surface area (Å²) in [7, 11) is 0. The Hall–Kier alpha value is -2.06. The largest absolute Gasteiger partial charge is 0.482 e. The Kier molecular flexibility index (Phi) is 7.17. The van der Waals surface area contributed by atoms with Gasteiger partial charge in [0.25, 0.3) is 5.91 Å². The van der Waals surface area contributed by atoms with Gasteiger partial charge >= 0.3 is 0 Å². The summed E-state index contributed by atoms with van der Waals surface area (Å²) in [5.41, 5.74) is 2.33. The fourth-order valence-electron chi connectivity index (χ4n) is 3.51. The first-order valence-electron chi connectivity index (χ1n) is 10.2. The summed E-state index contributed by atoms with van der Waals surface area (Å²) < 4.78 is 6.70. The van der Waals surface area contributed by atoms with Crippen LogP contribution in [-0.2, 0) is 4.79 Å². The smallest absolute Gasteiger partial charge is 0.257 e. The second kappa shape index (κ2) is 10.0. The summed E-state index contributed by atoms with van der Waals surface area (Å²) in [6, 6.07) is 11.2. The molecule has 1 amide bonds. The third-order valence-corrected chi connectivity index (χ3v) is 6.87. The van der Waals surface area contributed by atoms with Crippen LogP contribution < -0.4 is 15.0 Å². The molecule has 6 nitrogen and oxygen atoms in total. The number of carbonyl (C=O) groups excluding carboxylic acids is 1. The highest BCUT2D eigenvalue weighted by Crippen LogP contribution is 2.31. The number of hydrogen-bond donors (Lipinski definition) is 1. The van der Waals surface area contributed by atoms with E-state index in [2.05, 4.69) is 40.2 Å². The Morgan fingerprint density at radius 1 is 1.19 bits per heavy atom. The first kappa shape index (κ1) is 22.1. The van der Waals surface area contributed by atoms with Gasteiger partial charge < -0.3 is 15.0 Å². The van der Waals surface area contributed by atoms with Crippen LogP contribution in [0.5, 0.6) is 5.75 Å². The maximum Gasteiger partial charge on any atom is 0.257 e. The minimum Gasteiger partial charge on any atom is -0.482 e. The number of aryl methyl sites for hydroxylation is 1. The molecule has 1 aliphatic rings. The van der Waals surface area contributed by atoms with Gasteiger partial charge in [-0.15, -0.1) is 0 Å². The predicted molar refractivity (Wildman–Crippen MR) is 128 cm³/mol. The number of benzene rings is 2. The van der Waals surface area contributed by atoms with Crippen molar-refractivity contribution in [1.29, 1.82) is 0 Å². The van der Waals surface area contributed by atoms with Crippen LogP contribution in [-0.4, -0.2) is 61.7 Å². The van der Waals surface area contributed by atoms with Gasteiger partial charge in [0, 0.05) is 44.3 Å². The SMILES string of the molecule is Cc1cccc2sc(N3CCN(CCNC(=O)COc4ccc(Cl)cc4Cl)CC3)nc12. The van der Waals surface area contributed by atoms with Gasteiger partial charge in [-0.05, 0) is 36.8 Å². The van der Waals surface area contributed by atoms with Crippen LogP contribution in [0.15, 0.2) is 36.4 Å². The first-order valence-corrected chi connectivity index (χ1v) is 11.7. The van der Waals surface area contributed by atoms with Crippen molar-refractivity contribution in [2.45, 2.75) is 6.92 Å². The topological polar surface area (TPSA) is 57.7 Å². The van der Waals surface area contributed by atoms with Crippen molar-refractivity contribution < 1.29 is 9.53 Å². The molecule has 1 aliphatic heterocycles. The number of thiazole rings is 1. The summed E-state index contributed by atoms with van der Waals surface area (Å²) in [6.45, 7) is 7.18. The zero-order valence-corrected chi connectivity index (χ0v) is 19.6. The molecule has 0 radical (unpaired) electrons. The Bertz CT molecular complexity index is 1070. The first-order chi connectivity index (χ1) is 15.0. The molecule has 0 spiro atoms. The predicted octanol–water partition coefficient (Wildman–Crippen LogP) is 4.23. The molecule has 1 saturated heterocycles. The number of rotatable bonds is 7. The molecule has 0 bridgehead atoms. The standard InChI is InChI=1S/C22H24Cl2N4O2S/c1-15-3-2-4-19-21(15)26-22(31-19)28-11-9-27(10-12-28)8-7-25-20(29)14-30-18-6-5-16(23)13-17(18)24/h2-6,13H,7-12,14H2,1H3,(H,25,29). The summed E-state index contributed by atoms with van der Waals surface area (Å²) in [4.78, 5) is 21.6. The molecular formula is C22H24Cl2N4O2S. The van der Waals surface area contributed by atoms with Crippen LogP contribution in [0, 0.1) is 6.92 Å². The number of hydrogen-bond acceptors (Lipinski definition) is 6. The maximum absolute atomic E-state index is 12.0. The molecule has 2 aromatic carbocycles. The number of anilines is 1. The Morgan fingerprint density at radius 3 is 2.74 bits per heavy atom. The van der Waals surface area contributed by atoms with E-state index >= 15 is 0 Å². The zero-order valence-electron chi connectivity index (χ0n) is 17.2. The molecule has 2 heterocycles. The number of aromatic nitrogens is 1. The minimum absolute atomic E-state index is 0.0772. The molecule has 164 valence electrons. The molecule has 3 aromatic rings. The highest BCUT2D eigenvalue weighted by Gasteiger charge is 2.20. The van der Waals surface area contributed by atoms with Crippen LogP contribution in [0.3, 0.4) is 0 Å². The van der Waals surface area contributed by atoms with E-state index in [1.165, 1.54) is 10.3 Å². The van der Waals surface area contributed by atoms with E-state index in [4.69, 9.17) is 32.9 Å². The molecule has 9 heteroatoms. The number of carbonyl (C=O) groups is 1. The average Bonchev–Trinajstić information content (AvgIpc) is 3.19. The molecule has 1 fully saturated rings. The van der Waals surface area contributed by atoms with Crippen LogP contribution in [0.1, 0.15) is 5.56 Å². The molecule has 0 aliphatic carbocycles. The van der Waals surface area contributed by atoms with Crippen molar-refractivity contribution in [3.8, 4) is 5.75 Å². The van der Waals surface area contributed by atoms with Gasteiger partial charge in [0.2, 0.25) is 0 Å². The van der Waals surface area contributed by atoms with Gasteiger partial charge in [-0.2, -0.15) is 0 Å². The van der Waals surface area contributed by atoms with E-state index in [9.17, 15) is 4.79 Å². The number of piperazine rings is 1.